The van der Waals surface area contributed by atoms with Crippen molar-refractivity contribution < 1.29 is 9.47 Å². The van der Waals surface area contributed by atoms with Crippen LogP contribution in [-0.4, -0.2) is 24.5 Å². The predicted octanol–water partition coefficient (Wildman–Crippen LogP) is 4.12. The molecule has 146 valence electrons. The Kier molecular flexibility index (Phi) is 8.72. The minimum absolute atomic E-state index is 0.258. The number of benzene rings is 2. The maximum Gasteiger partial charge on any atom is 0.186 e. The van der Waals surface area contributed by atoms with Gasteiger partial charge in [-0.05, 0) is 65.8 Å². The van der Waals surface area contributed by atoms with Crippen molar-refractivity contribution in [2.75, 3.05) is 13.2 Å². The van der Waals surface area contributed by atoms with Crippen LogP contribution in [0, 0.1) is 11.3 Å². The minimum atomic E-state index is 0.258. The van der Waals surface area contributed by atoms with Crippen LogP contribution < -0.4 is 20.2 Å². The van der Waals surface area contributed by atoms with Gasteiger partial charge in [0.05, 0.1) is 28.9 Å². The van der Waals surface area contributed by atoms with E-state index < -0.39 is 0 Å². The monoisotopic (exact) mass is 460 g/mol. The Labute approximate surface area is 178 Å². The van der Waals surface area contributed by atoms with Gasteiger partial charge in [0.1, 0.15) is 6.61 Å². The van der Waals surface area contributed by atoms with Gasteiger partial charge in [-0.25, -0.2) is 0 Å². The summed E-state index contributed by atoms with van der Waals surface area (Å²) in [7, 11) is 0. The first-order chi connectivity index (χ1) is 13.6. The number of halogens is 1. The summed E-state index contributed by atoms with van der Waals surface area (Å²) in [4.78, 5) is 0. The number of thiocarbonyl (C=S) groups is 1. The molecule has 0 heterocycles. The van der Waals surface area contributed by atoms with Crippen molar-refractivity contribution in [3.63, 3.8) is 0 Å². The second-order valence-corrected chi connectivity index (χ2v) is 6.81. The zero-order valence-corrected chi connectivity index (χ0v) is 18.1. The summed E-state index contributed by atoms with van der Waals surface area (Å²) in [6.07, 6.45) is 1.64. The van der Waals surface area contributed by atoms with Crippen LogP contribution >= 0.6 is 28.1 Å². The largest absolute Gasteiger partial charge is 0.490 e. The van der Waals surface area contributed by atoms with Gasteiger partial charge in [0.2, 0.25) is 0 Å². The highest BCUT2D eigenvalue weighted by Crippen LogP contribution is 2.37. The Morgan fingerprint density at radius 3 is 2.79 bits per heavy atom. The van der Waals surface area contributed by atoms with Crippen molar-refractivity contribution in [3.05, 3.63) is 57.6 Å². The van der Waals surface area contributed by atoms with E-state index in [0.29, 0.717) is 28.8 Å². The number of hydrogen-bond acceptors (Lipinski definition) is 5. The third-order valence-corrected chi connectivity index (χ3v) is 4.38. The van der Waals surface area contributed by atoms with Gasteiger partial charge in [0.25, 0.3) is 0 Å². The topological polar surface area (TPSA) is 78.7 Å². The lowest BCUT2D eigenvalue weighted by Gasteiger charge is -2.15. The van der Waals surface area contributed by atoms with E-state index in [0.717, 1.165) is 22.1 Å². The Bertz CT molecular complexity index is 896. The van der Waals surface area contributed by atoms with Crippen molar-refractivity contribution >= 4 is 39.5 Å². The SMILES string of the molecule is CCNC(=S)NN=Cc1cc(Br)c(OCc2ccccc2C#N)c(OCC)c1. The Hall–Kier alpha value is -2.63. The molecule has 0 fully saturated rings. The Morgan fingerprint density at radius 1 is 1.29 bits per heavy atom. The summed E-state index contributed by atoms with van der Waals surface area (Å²) in [5, 5.41) is 16.8. The number of hydrazone groups is 1. The van der Waals surface area contributed by atoms with Crippen molar-refractivity contribution in [2.45, 2.75) is 20.5 Å². The first-order valence-electron chi connectivity index (χ1n) is 8.73. The molecule has 0 radical (unpaired) electrons. The average Bonchev–Trinajstić information content (AvgIpc) is 2.68. The molecule has 0 saturated heterocycles. The molecule has 28 heavy (non-hydrogen) atoms. The van der Waals surface area contributed by atoms with Crippen molar-refractivity contribution in [1.29, 1.82) is 5.26 Å². The Balaban J connectivity index is 2.19. The molecule has 0 bridgehead atoms. The highest BCUT2D eigenvalue weighted by atomic mass is 79.9. The molecule has 0 spiro atoms. The van der Waals surface area contributed by atoms with Gasteiger partial charge in [-0.1, -0.05) is 18.2 Å². The fraction of sp³-hybridized carbons (Fsp3) is 0.250. The van der Waals surface area contributed by atoms with E-state index in [2.05, 4.69) is 37.8 Å². The van der Waals surface area contributed by atoms with Crippen molar-refractivity contribution in [3.8, 4) is 17.6 Å². The summed E-state index contributed by atoms with van der Waals surface area (Å²) in [5.41, 5.74) is 4.96. The van der Waals surface area contributed by atoms with Crippen LogP contribution in [0.4, 0.5) is 0 Å². The highest BCUT2D eigenvalue weighted by molar-refractivity contribution is 9.10. The molecule has 0 amide bonds. The van der Waals surface area contributed by atoms with Gasteiger partial charge in [-0.15, -0.1) is 0 Å². The van der Waals surface area contributed by atoms with Gasteiger partial charge in [0, 0.05) is 12.1 Å². The molecule has 0 unspecified atom stereocenters. The molecule has 0 aliphatic carbocycles. The number of hydrogen-bond donors (Lipinski definition) is 2. The second-order valence-electron chi connectivity index (χ2n) is 5.55. The van der Waals surface area contributed by atoms with Crippen LogP contribution in [0.25, 0.3) is 0 Å². The van der Waals surface area contributed by atoms with Gasteiger partial charge in [-0.2, -0.15) is 10.4 Å². The molecule has 6 nitrogen and oxygen atoms in total. The van der Waals surface area contributed by atoms with Crippen LogP contribution in [0.3, 0.4) is 0 Å². The van der Waals surface area contributed by atoms with E-state index in [9.17, 15) is 5.26 Å². The molecular formula is C20H21BrN4O2S. The summed E-state index contributed by atoms with van der Waals surface area (Å²) < 4.78 is 12.4. The maximum atomic E-state index is 9.23. The summed E-state index contributed by atoms with van der Waals surface area (Å²) in [6, 6.07) is 13.2. The van der Waals surface area contributed by atoms with Crippen molar-refractivity contribution in [1.82, 2.24) is 10.7 Å². The summed E-state index contributed by atoms with van der Waals surface area (Å²) >= 11 is 8.60. The van der Waals surface area contributed by atoms with E-state index in [1.54, 1.807) is 12.3 Å². The molecule has 2 N–H and O–H groups in total. The van der Waals surface area contributed by atoms with Crippen LogP contribution in [0.1, 0.15) is 30.5 Å². The lowest BCUT2D eigenvalue weighted by atomic mass is 10.1. The molecule has 2 rings (SSSR count). The lowest BCUT2D eigenvalue weighted by Crippen LogP contribution is -2.31. The molecule has 0 saturated carbocycles. The summed E-state index contributed by atoms with van der Waals surface area (Å²) in [6.45, 7) is 5.33. The number of nitrogens with zero attached hydrogens (tertiary/aromatic N) is 2. The number of rotatable bonds is 8. The zero-order chi connectivity index (χ0) is 20.4. The molecule has 0 atom stereocenters. The van der Waals surface area contributed by atoms with E-state index in [1.807, 2.05) is 44.2 Å². The van der Waals surface area contributed by atoms with E-state index in [4.69, 9.17) is 21.7 Å². The van der Waals surface area contributed by atoms with Gasteiger partial charge < -0.3 is 14.8 Å². The predicted molar refractivity (Wildman–Crippen MR) is 118 cm³/mol. The van der Waals surface area contributed by atoms with Crippen LogP contribution in [-0.2, 0) is 6.61 Å². The number of nitriles is 1. The number of ether oxygens (including phenoxy) is 2. The maximum absolute atomic E-state index is 9.23. The van der Waals surface area contributed by atoms with Crippen molar-refractivity contribution in [2.24, 2.45) is 5.10 Å². The molecule has 0 aliphatic heterocycles. The lowest BCUT2D eigenvalue weighted by molar-refractivity contribution is 0.267. The molecule has 0 aliphatic rings. The average molecular weight is 461 g/mol. The standard InChI is InChI=1S/C20H21BrN4O2S/c1-3-23-20(28)25-24-12-14-9-17(21)19(18(10-14)26-4-2)27-13-16-8-6-5-7-15(16)11-22/h5-10,12H,3-4,13H2,1-2H3,(H2,23,25,28). The van der Waals surface area contributed by atoms with E-state index in [1.165, 1.54) is 0 Å². The zero-order valence-electron chi connectivity index (χ0n) is 15.7. The van der Waals surface area contributed by atoms with E-state index in [-0.39, 0.29) is 6.61 Å². The highest BCUT2D eigenvalue weighted by Gasteiger charge is 2.13. The third kappa shape index (κ3) is 6.22. The van der Waals surface area contributed by atoms with Gasteiger partial charge >= 0.3 is 0 Å². The molecule has 8 heteroatoms. The smallest absolute Gasteiger partial charge is 0.186 e. The normalized spacial score (nSPS) is 10.4. The molecule has 0 aromatic heterocycles. The first kappa shape index (κ1) is 21.7. The minimum Gasteiger partial charge on any atom is -0.490 e. The van der Waals surface area contributed by atoms with E-state index >= 15 is 0 Å². The van der Waals surface area contributed by atoms with Crippen LogP contribution in [0.2, 0.25) is 0 Å². The van der Waals surface area contributed by atoms with Crippen LogP contribution in [0.5, 0.6) is 11.5 Å². The van der Waals surface area contributed by atoms with Crippen LogP contribution in [0.15, 0.2) is 46.0 Å². The van der Waals surface area contributed by atoms with Gasteiger partial charge in [-0.3, -0.25) is 5.43 Å². The quantitative estimate of drug-likeness (QED) is 0.350. The second kappa shape index (κ2) is 11.3. The fourth-order valence-electron chi connectivity index (χ4n) is 2.34. The third-order valence-electron chi connectivity index (χ3n) is 3.56. The summed E-state index contributed by atoms with van der Waals surface area (Å²) in [5.74, 6) is 1.16. The fourth-order valence-corrected chi connectivity index (χ4v) is 3.11. The molecule has 2 aromatic rings. The molecular weight excluding hydrogens is 440 g/mol. The molecule has 2 aromatic carbocycles. The first-order valence-corrected chi connectivity index (χ1v) is 9.93. The Morgan fingerprint density at radius 2 is 2.07 bits per heavy atom. The van der Waals surface area contributed by atoms with Gasteiger partial charge in [0.15, 0.2) is 16.6 Å². The number of nitrogens with one attached hydrogen (secondary N) is 2.